The largest absolute Gasteiger partial charge is 0.450 e. The van der Waals surface area contributed by atoms with Crippen molar-refractivity contribution >= 4 is 17.8 Å². The molecule has 0 radical (unpaired) electrons. The molecular weight excluding hydrogens is 308 g/mol. The average molecular weight is 334 g/mol. The highest BCUT2D eigenvalue weighted by atomic mass is 16.6. The van der Waals surface area contributed by atoms with Crippen molar-refractivity contribution in [2.24, 2.45) is 0 Å². The molecule has 2 amide bonds. The summed E-state index contributed by atoms with van der Waals surface area (Å²) >= 11 is 0. The molecule has 3 heterocycles. The van der Waals surface area contributed by atoms with Crippen molar-refractivity contribution in [1.82, 2.24) is 9.80 Å². The van der Waals surface area contributed by atoms with E-state index in [1.807, 2.05) is 4.90 Å². The summed E-state index contributed by atoms with van der Waals surface area (Å²) in [6.45, 7) is 5.78. The first-order valence-corrected chi connectivity index (χ1v) is 8.94. The average Bonchev–Trinajstić information content (AvgIpc) is 2.76. The first-order valence-electron chi connectivity index (χ1n) is 8.94. The van der Waals surface area contributed by atoms with Gasteiger partial charge in [0.15, 0.2) is 0 Å². The molecule has 0 aromatic rings. The van der Waals surface area contributed by atoms with E-state index in [0.717, 1.165) is 38.8 Å². The van der Waals surface area contributed by atoms with Crippen LogP contribution >= 0.6 is 0 Å². The van der Waals surface area contributed by atoms with E-state index in [2.05, 4.69) is 0 Å². The molecule has 3 aliphatic rings. The number of piperidine rings is 1. The minimum absolute atomic E-state index is 0.0234. The number of hydrogen-bond donors (Lipinski definition) is 0. The Morgan fingerprint density at radius 2 is 1.54 bits per heavy atom. The Hall–Kier alpha value is -1.85. The van der Waals surface area contributed by atoms with E-state index in [9.17, 15) is 14.4 Å². The van der Waals surface area contributed by atoms with Crippen LogP contribution in [0.25, 0.3) is 0 Å². The van der Waals surface area contributed by atoms with Crippen LogP contribution in [-0.2, 0) is 19.1 Å². The van der Waals surface area contributed by atoms with Crippen LogP contribution in [0.3, 0.4) is 0 Å². The molecule has 0 N–H and O–H groups in total. The predicted octanol–water partition coefficient (Wildman–Crippen LogP) is 1.64. The number of carbonyl (C=O) groups excluding carboxylic acids is 3. The number of amides is 2. The molecule has 3 aliphatic heterocycles. The summed E-state index contributed by atoms with van der Waals surface area (Å²) in [5.74, 6) is -0.406. The summed E-state index contributed by atoms with van der Waals surface area (Å²) in [6.07, 6.45) is 5.33. The van der Waals surface area contributed by atoms with E-state index < -0.39 is 5.60 Å². The molecule has 0 bridgehead atoms. The Morgan fingerprint density at radius 1 is 0.958 bits per heavy atom. The van der Waals surface area contributed by atoms with Gasteiger partial charge in [0, 0.05) is 51.5 Å². The molecule has 0 saturated carbocycles. The van der Waals surface area contributed by atoms with Crippen LogP contribution < -0.4 is 0 Å². The van der Waals surface area contributed by atoms with Crippen LogP contribution in [0.1, 0.15) is 52.4 Å². The fraction of sp³-hybridized carbons (Fsp3) is 0.722. The maximum Gasteiger partial charge on any atom is 0.335 e. The zero-order valence-electron chi connectivity index (χ0n) is 14.6. The highest BCUT2D eigenvalue weighted by Gasteiger charge is 2.51. The monoisotopic (exact) mass is 334 g/mol. The molecule has 3 rings (SSSR count). The van der Waals surface area contributed by atoms with Gasteiger partial charge in [0.05, 0.1) is 5.57 Å². The zero-order chi connectivity index (χ0) is 17.3. The Kier molecular flexibility index (Phi) is 4.65. The maximum atomic E-state index is 13.2. The lowest BCUT2D eigenvalue weighted by Gasteiger charge is -2.40. The van der Waals surface area contributed by atoms with Crippen molar-refractivity contribution in [3.8, 4) is 0 Å². The number of carbonyl (C=O) groups is 3. The molecule has 0 unspecified atom stereocenters. The molecule has 2 fully saturated rings. The molecule has 1 spiro atoms. The molecule has 0 aromatic heterocycles. The topological polar surface area (TPSA) is 66.9 Å². The second kappa shape index (κ2) is 6.57. The number of likely N-dealkylation sites (tertiary alicyclic amines) is 2. The first kappa shape index (κ1) is 17.0. The van der Waals surface area contributed by atoms with E-state index in [4.69, 9.17) is 4.74 Å². The summed E-state index contributed by atoms with van der Waals surface area (Å²) in [7, 11) is 0. The Morgan fingerprint density at radius 3 is 2.08 bits per heavy atom. The van der Waals surface area contributed by atoms with Gasteiger partial charge in [-0.15, -0.1) is 0 Å². The molecule has 6 heteroatoms. The van der Waals surface area contributed by atoms with Crippen molar-refractivity contribution in [3.05, 3.63) is 11.1 Å². The summed E-state index contributed by atoms with van der Waals surface area (Å²) in [4.78, 5) is 40.5. The van der Waals surface area contributed by atoms with Gasteiger partial charge in [-0.2, -0.15) is 0 Å². The highest BCUT2D eigenvalue weighted by molar-refractivity contribution is 6.07. The van der Waals surface area contributed by atoms with Crippen LogP contribution in [-0.4, -0.2) is 59.4 Å². The van der Waals surface area contributed by atoms with Crippen LogP contribution in [0.4, 0.5) is 0 Å². The zero-order valence-corrected chi connectivity index (χ0v) is 14.6. The third-order valence-electron chi connectivity index (χ3n) is 5.55. The number of nitrogens with zero attached hydrogens (tertiary/aromatic N) is 2. The van der Waals surface area contributed by atoms with E-state index >= 15 is 0 Å². The van der Waals surface area contributed by atoms with Crippen molar-refractivity contribution in [2.45, 2.75) is 58.0 Å². The Bertz CT molecular complexity index is 580. The second-order valence-corrected chi connectivity index (χ2v) is 7.10. The standard InChI is InChI=1S/C18H26N2O4/c1-13-15(16(22)20-9-5-3-4-6-10-20)18(24-17(13)23)7-11-19(12-8-18)14(2)21/h3-12H2,1-2H3. The molecule has 2 saturated heterocycles. The molecular formula is C18H26N2O4. The molecule has 0 aliphatic carbocycles. The fourth-order valence-corrected chi connectivity index (χ4v) is 4.07. The summed E-state index contributed by atoms with van der Waals surface area (Å²) < 4.78 is 5.69. The first-order chi connectivity index (χ1) is 11.4. The van der Waals surface area contributed by atoms with Gasteiger partial charge in [-0.25, -0.2) is 4.79 Å². The fourth-order valence-electron chi connectivity index (χ4n) is 4.07. The molecule has 0 aromatic carbocycles. The van der Waals surface area contributed by atoms with Crippen molar-refractivity contribution in [2.75, 3.05) is 26.2 Å². The van der Waals surface area contributed by atoms with Gasteiger partial charge < -0.3 is 14.5 Å². The Labute approximate surface area is 142 Å². The van der Waals surface area contributed by atoms with Crippen molar-refractivity contribution in [1.29, 1.82) is 0 Å². The van der Waals surface area contributed by atoms with Crippen molar-refractivity contribution in [3.63, 3.8) is 0 Å². The summed E-state index contributed by atoms with van der Waals surface area (Å²) in [5, 5.41) is 0. The lowest BCUT2D eigenvalue weighted by atomic mass is 9.82. The third-order valence-corrected chi connectivity index (χ3v) is 5.55. The lowest BCUT2D eigenvalue weighted by Crippen LogP contribution is -2.50. The number of hydrogen-bond acceptors (Lipinski definition) is 4. The van der Waals surface area contributed by atoms with Crippen LogP contribution in [0.2, 0.25) is 0 Å². The third kappa shape index (κ3) is 2.94. The van der Waals surface area contributed by atoms with Gasteiger partial charge in [-0.1, -0.05) is 12.8 Å². The number of ether oxygens (including phenoxy) is 1. The number of esters is 1. The normalized spacial score (nSPS) is 24.2. The number of rotatable bonds is 1. The molecule has 6 nitrogen and oxygen atoms in total. The van der Waals surface area contributed by atoms with Gasteiger partial charge in [0.25, 0.3) is 5.91 Å². The minimum atomic E-state index is -0.837. The molecule has 0 atom stereocenters. The smallest absolute Gasteiger partial charge is 0.335 e. The van der Waals surface area contributed by atoms with Crippen LogP contribution in [0.5, 0.6) is 0 Å². The van der Waals surface area contributed by atoms with Gasteiger partial charge in [-0.05, 0) is 19.8 Å². The van der Waals surface area contributed by atoms with Gasteiger partial charge >= 0.3 is 5.97 Å². The Balaban J connectivity index is 1.84. The second-order valence-electron chi connectivity index (χ2n) is 7.10. The minimum Gasteiger partial charge on any atom is -0.450 e. The summed E-state index contributed by atoms with van der Waals surface area (Å²) in [5.41, 5.74) is 0.148. The van der Waals surface area contributed by atoms with Gasteiger partial charge in [-0.3, -0.25) is 9.59 Å². The van der Waals surface area contributed by atoms with E-state index in [0.29, 0.717) is 37.1 Å². The SMILES string of the molecule is CC(=O)N1CCC2(CC1)OC(=O)C(C)=C2C(=O)N1CCCCCC1. The van der Waals surface area contributed by atoms with Gasteiger partial charge in [0.1, 0.15) is 5.60 Å². The molecule has 24 heavy (non-hydrogen) atoms. The quantitative estimate of drug-likeness (QED) is 0.684. The molecule has 132 valence electrons. The highest BCUT2D eigenvalue weighted by Crippen LogP contribution is 2.42. The predicted molar refractivity (Wildman–Crippen MR) is 88.1 cm³/mol. The summed E-state index contributed by atoms with van der Waals surface area (Å²) in [6, 6.07) is 0. The van der Waals surface area contributed by atoms with E-state index in [-0.39, 0.29) is 17.8 Å². The van der Waals surface area contributed by atoms with Crippen LogP contribution in [0, 0.1) is 0 Å². The van der Waals surface area contributed by atoms with Gasteiger partial charge in [0.2, 0.25) is 5.91 Å². The van der Waals surface area contributed by atoms with Crippen molar-refractivity contribution < 1.29 is 19.1 Å². The maximum absolute atomic E-state index is 13.2. The van der Waals surface area contributed by atoms with E-state index in [1.54, 1.807) is 18.7 Å². The van der Waals surface area contributed by atoms with Crippen LogP contribution in [0.15, 0.2) is 11.1 Å². The lowest BCUT2D eigenvalue weighted by molar-refractivity contribution is -0.152. The van der Waals surface area contributed by atoms with E-state index in [1.165, 1.54) is 0 Å².